The van der Waals surface area contributed by atoms with E-state index < -0.39 is 41.8 Å². The second-order valence-corrected chi connectivity index (χ2v) is 9.09. The number of hydrogen-bond acceptors (Lipinski definition) is 11. The van der Waals surface area contributed by atoms with Gasteiger partial charge in [-0.1, -0.05) is 5.16 Å². The summed E-state index contributed by atoms with van der Waals surface area (Å²) in [6, 6.07) is -0.983. The molecule has 2 atom stereocenters. The molecular weight excluding hydrogens is 470 g/mol. The predicted molar refractivity (Wildman–Crippen MR) is 115 cm³/mol. The lowest BCUT2D eigenvalue weighted by molar-refractivity contribution is -0.150. The van der Waals surface area contributed by atoms with Gasteiger partial charge in [-0.3, -0.25) is 14.5 Å². The van der Waals surface area contributed by atoms with E-state index in [2.05, 4.69) is 20.3 Å². The first-order valence-corrected chi connectivity index (χ1v) is 11.9. The standard InChI is InChI=1S/C16H17N5O7S3/c1-29-3-6-4-30-14-10(13(25)21(14)11(6)15(26)27)19-12(24)9(20-28-2-8(22)23)7-5-31-16(17)18-7/h5,10,14H,2-4H2,1H3,(H2,17,18)(H,19,24)(H,22,23)(H,26,27)/b20-9+/t10?,14-/m1/s1. The van der Waals surface area contributed by atoms with Gasteiger partial charge in [-0.2, -0.15) is 11.8 Å². The molecule has 31 heavy (non-hydrogen) atoms. The summed E-state index contributed by atoms with van der Waals surface area (Å²) < 4.78 is 0. The van der Waals surface area contributed by atoms with Crippen molar-refractivity contribution in [2.24, 2.45) is 5.16 Å². The van der Waals surface area contributed by atoms with Crippen molar-refractivity contribution in [2.75, 3.05) is 30.1 Å². The lowest BCUT2D eigenvalue weighted by Crippen LogP contribution is -2.71. The van der Waals surface area contributed by atoms with Gasteiger partial charge in [-0.15, -0.1) is 23.1 Å². The molecule has 12 nitrogen and oxygen atoms in total. The fourth-order valence-corrected chi connectivity index (χ4v) is 5.54. The lowest BCUT2D eigenvalue weighted by Gasteiger charge is -2.49. The average Bonchev–Trinajstić information content (AvgIpc) is 3.14. The molecule has 0 bridgehead atoms. The molecule has 2 amide bonds. The monoisotopic (exact) mass is 487 g/mol. The van der Waals surface area contributed by atoms with Crippen LogP contribution in [0.4, 0.5) is 5.13 Å². The van der Waals surface area contributed by atoms with Gasteiger partial charge in [0.05, 0.1) is 0 Å². The highest BCUT2D eigenvalue weighted by Crippen LogP contribution is 2.40. The number of amides is 2. The van der Waals surface area contributed by atoms with Crippen LogP contribution in [0.2, 0.25) is 0 Å². The topological polar surface area (TPSA) is 185 Å². The van der Waals surface area contributed by atoms with Gasteiger partial charge in [0, 0.05) is 16.9 Å². The summed E-state index contributed by atoms with van der Waals surface area (Å²) >= 11 is 3.83. The predicted octanol–water partition coefficient (Wildman–Crippen LogP) is -0.368. The molecule has 166 valence electrons. The Balaban J connectivity index is 1.78. The highest BCUT2D eigenvalue weighted by molar-refractivity contribution is 8.00. The van der Waals surface area contributed by atoms with E-state index in [0.717, 1.165) is 11.3 Å². The third-order valence-electron chi connectivity index (χ3n) is 4.18. The smallest absolute Gasteiger partial charge is 0.352 e. The lowest BCUT2D eigenvalue weighted by atomic mass is 10.0. The number of thiazole rings is 1. The Bertz CT molecular complexity index is 992. The molecule has 1 aromatic heterocycles. The number of carboxylic acids is 2. The number of fused-ring (bicyclic) bond motifs is 1. The summed E-state index contributed by atoms with van der Waals surface area (Å²) in [7, 11) is 0. The SMILES string of the molecule is CSCC1=C(C(=O)O)N2C(=O)C(NC(=O)/C(=N/OCC(=O)O)c3csc(N)n3)[C@H]2SC1. The number of nitrogens with zero attached hydrogens (tertiary/aromatic N) is 3. The third-order valence-corrected chi connectivity index (χ3v) is 6.83. The first-order valence-electron chi connectivity index (χ1n) is 8.57. The number of nitrogen functional groups attached to an aromatic ring is 1. The highest BCUT2D eigenvalue weighted by atomic mass is 32.2. The number of carbonyl (C=O) groups is 4. The Labute approximate surface area is 187 Å². The van der Waals surface area contributed by atoms with Crippen LogP contribution >= 0.6 is 34.9 Å². The van der Waals surface area contributed by atoms with Crippen LogP contribution in [0.5, 0.6) is 0 Å². The number of nitrogens with one attached hydrogen (secondary N) is 1. The number of aliphatic carboxylic acids is 2. The molecule has 5 N–H and O–H groups in total. The van der Waals surface area contributed by atoms with E-state index in [4.69, 9.17) is 10.8 Å². The van der Waals surface area contributed by atoms with Gasteiger partial charge in [0.1, 0.15) is 22.8 Å². The van der Waals surface area contributed by atoms with Crippen LogP contribution in [0.1, 0.15) is 5.69 Å². The number of carboxylic acid groups (broad SMARTS) is 2. The van der Waals surface area contributed by atoms with Crippen molar-refractivity contribution in [1.82, 2.24) is 15.2 Å². The number of anilines is 1. The second kappa shape index (κ2) is 9.57. The molecule has 3 heterocycles. The number of aromatic nitrogens is 1. The molecule has 2 aliphatic heterocycles. The van der Waals surface area contributed by atoms with Gasteiger partial charge in [0.2, 0.25) is 6.61 Å². The van der Waals surface area contributed by atoms with E-state index in [1.807, 2.05) is 6.26 Å². The van der Waals surface area contributed by atoms with Crippen molar-refractivity contribution >= 4 is 69.5 Å². The first-order chi connectivity index (χ1) is 14.7. The summed E-state index contributed by atoms with van der Waals surface area (Å²) in [5.74, 6) is -3.00. The number of nitrogens with two attached hydrogens (primary N) is 1. The molecule has 1 aromatic rings. The Hall–Kier alpha value is -2.78. The molecule has 1 fully saturated rings. The Morgan fingerprint density at radius 1 is 1.45 bits per heavy atom. The van der Waals surface area contributed by atoms with E-state index in [-0.39, 0.29) is 22.2 Å². The molecule has 0 radical (unpaired) electrons. The molecule has 15 heteroatoms. The van der Waals surface area contributed by atoms with Crippen LogP contribution in [0.3, 0.4) is 0 Å². The van der Waals surface area contributed by atoms with Crippen molar-refractivity contribution in [3.63, 3.8) is 0 Å². The van der Waals surface area contributed by atoms with Gasteiger partial charge < -0.3 is 26.1 Å². The van der Waals surface area contributed by atoms with Crippen molar-refractivity contribution < 1.29 is 34.2 Å². The maximum absolute atomic E-state index is 12.8. The van der Waals surface area contributed by atoms with Gasteiger partial charge >= 0.3 is 11.9 Å². The van der Waals surface area contributed by atoms with Crippen LogP contribution < -0.4 is 11.1 Å². The molecule has 3 rings (SSSR count). The van der Waals surface area contributed by atoms with Gasteiger partial charge in [0.15, 0.2) is 10.8 Å². The zero-order valence-electron chi connectivity index (χ0n) is 15.9. The second-order valence-electron chi connectivity index (χ2n) is 6.23. The molecule has 0 saturated carbocycles. The van der Waals surface area contributed by atoms with Crippen molar-refractivity contribution in [2.45, 2.75) is 11.4 Å². The highest BCUT2D eigenvalue weighted by Gasteiger charge is 2.54. The van der Waals surface area contributed by atoms with Crippen LogP contribution in [-0.2, 0) is 24.0 Å². The minimum absolute atomic E-state index is 0.0543. The molecule has 0 aromatic carbocycles. The van der Waals surface area contributed by atoms with Crippen molar-refractivity contribution in [3.05, 3.63) is 22.3 Å². The van der Waals surface area contributed by atoms with E-state index >= 15 is 0 Å². The van der Waals surface area contributed by atoms with Crippen LogP contribution in [0.25, 0.3) is 0 Å². The number of oxime groups is 1. The van der Waals surface area contributed by atoms with Crippen LogP contribution in [-0.4, -0.2) is 85.3 Å². The van der Waals surface area contributed by atoms with Crippen molar-refractivity contribution in [3.8, 4) is 0 Å². The number of carbonyl (C=O) groups excluding carboxylic acids is 2. The average molecular weight is 488 g/mol. The quantitative estimate of drug-likeness (QED) is 0.202. The maximum atomic E-state index is 12.8. The molecule has 1 unspecified atom stereocenters. The fraction of sp³-hybridized carbons (Fsp3) is 0.375. The zero-order chi connectivity index (χ0) is 22.7. The Morgan fingerprint density at radius 3 is 2.77 bits per heavy atom. The number of thioether (sulfide) groups is 2. The number of β-lactam (4-membered cyclic amide) rings is 1. The maximum Gasteiger partial charge on any atom is 0.352 e. The van der Waals surface area contributed by atoms with E-state index in [0.29, 0.717) is 17.1 Å². The van der Waals surface area contributed by atoms with Crippen molar-refractivity contribution in [1.29, 1.82) is 0 Å². The molecule has 0 aliphatic carbocycles. The van der Waals surface area contributed by atoms with E-state index in [9.17, 15) is 24.3 Å². The summed E-state index contributed by atoms with van der Waals surface area (Å²) in [6.45, 7) is -0.782. The minimum Gasteiger partial charge on any atom is -0.479 e. The number of hydrogen-bond donors (Lipinski definition) is 4. The van der Waals surface area contributed by atoms with Crippen LogP contribution in [0.15, 0.2) is 21.8 Å². The van der Waals surface area contributed by atoms with Gasteiger partial charge in [-0.05, 0) is 11.8 Å². The van der Waals surface area contributed by atoms with Crippen LogP contribution in [0, 0.1) is 0 Å². The summed E-state index contributed by atoms with van der Waals surface area (Å²) in [4.78, 5) is 57.6. The molecular formula is C16H17N5O7S3. The summed E-state index contributed by atoms with van der Waals surface area (Å²) in [6.07, 6.45) is 1.84. The first kappa shape index (κ1) is 22.9. The molecule has 1 saturated heterocycles. The van der Waals surface area contributed by atoms with Gasteiger partial charge in [0.25, 0.3) is 11.8 Å². The summed E-state index contributed by atoms with van der Waals surface area (Å²) in [5.41, 5.74) is 5.87. The molecule has 0 spiro atoms. The Kier molecular flexibility index (Phi) is 7.07. The third kappa shape index (κ3) is 4.77. The Morgan fingerprint density at radius 2 is 2.19 bits per heavy atom. The normalized spacial score (nSPS) is 20.7. The fourth-order valence-electron chi connectivity index (χ4n) is 2.93. The number of rotatable bonds is 9. The van der Waals surface area contributed by atoms with E-state index in [1.165, 1.54) is 33.8 Å². The zero-order valence-corrected chi connectivity index (χ0v) is 18.4. The minimum atomic E-state index is -1.29. The van der Waals surface area contributed by atoms with Gasteiger partial charge in [-0.25, -0.2) is 14.6 Å². The molecule has 2 aliphatic rings. The largest absolute Gasteiger partial charge is 0.479 e. The summed E-state index contributed by atoms with van der Waals surface area (Å²) in [5, 5.41) is 25.3. The van der Waals surface area contributed by atoms with E-state index in [1.54, 1.807) is 0 Å².